The van der Waals surface area contributed by atoms with E-state index in [0.29, 0.717) is 35.5 Å². The molecule has 0 spiro atoms. The van der Waals surface area contributed by atoms with Crippen LogP contribution < -0.4 is 14.8 Å². The molecule has 1 aromatic heterocycles. The van der Waals surface area contributed by atoms with Crippen LogP contribution in [-0.2, 0) is 6.42 Å². The van der Waals surface area contributed by atoms with Gasteiger partial charge in [0.2, 0.25) is 0 Å². The molecule has 0 saturated carbocycles. The van der Waals surface area contributed by atoms with Crippen LogP contribution in [0.1, 0.15) is 21.7 Å². The molecule has 0 saturated heterocycles. The second-order valence-corrected chi connectivity index (χ2v) is 5.72. The van der Waals surface area contributed by atoms with E-state index in [4.69, 9.17) is 9.47 Å². The molecule has 0 unspecified atom stereocenters. The van der Waals surface area contributed by atoms with Crippen molar-refractivity contribution in [3.8, 4) is 11.5 Å². The van der Waals surface area contributed by atoms with Gasteiger partial charge in [0.1, 0.15) is 11.3 Å². The Morgan fingerprint density at radius 1 is 1.16 bits per heavy atom. The average Bonchev–Trinajstić information content (AvgIpc) is 3.01. The summed E-state index contributed by atoms with van der Waals surface area (Å²) in [4.78, 5) is 20.0. The van der Waals surface area contributed by atoms with E-state index < -0.39 is 0 Å². The summed E-state index contributed by atoms with van der Waals surface area (Å²) >= 11 is 0. The summed E-state index contributed by atoms with van der Waals surface area (Å²) in [5.74, 6) is 2.04. The molecule has 0 aliphatic heterocycles. The number of aromatic amines is 1. The first kappa shape index (κ1) is 16.8. The summed E-state index contributed by atoms with van der Waals surface area (Å²) in [6.45, 7) is 2.40. The number of hydrogen-bond acceptors (Lipinski definition) is 4. The number of nitrogens with one attached hydrogen (secondary N) is 2. The maximum Gasteiger partial charge on any atom is 0.253 e. The average molecular weight is 339 g/mol. The van der Waals surface area contributed by atoms with E-state index in [1.54, 1.807) is 20.3 Å². The number of ether oxygens (including phenoxy) is 2. The minimum atomic E-state index is -0.127. The predicted molar refractivity (Wildman–Crippen MR) is 96.4 cm³/mol. The second-order valence-electron chi connectivity index (χ2n) is 5.72. The van der Waals surface area contributed by atoms with Crippen molar-refractivity contribution in [2.75, 3.05) is 20.8 Å². The highest BCUT2D eigenvalue weighted by Crippen LogP contribution is 2.27. The number of nitrogens with zero attached hydrogens (tertiary/aromatic N) is 1. The quantitative estimate of drug-likeness (QED) is 0.724. The summed E-state index contributed by atoms with van der Waals surface area (Å²) in [5, 5.41) is 2.95. The number of aryl methyl sites for hydroxylation is 1. The standard InChI is InChI=1S/C19H21N3O3/c1-12-21-15-6-4-5-14(18(15)22-12)19(23)20-10-9-13-7-8-16(24-2)17(11-13)25-3/h4-8,11H,9-10H2,1-3H3,(H,20,23)(H,21,22). The van der Waals surface area contributed by atoms with E-state index in [0.717, 1.165) is 16.9 Å². The first-order valence-electron chi connectivity index (χ1n) is 8.07. The van der Waals surface area contributed by atoms with Gasteiger partial charge in [0.25, 0.3) is 5.91 Å². The smallest absolute Gasteiger partial charge is 0.253 e. The van der Waals surface area contributed by atoms with Gasteiger partial charge in [-0.15, -0.1) is 0 Å². The Morgan fingerprint density at radius 2 is 1.96 bits per heavy atom. The molecule has 130 valence electrons. The van der Waals surface area contributed by atoms with Crippen LogP contribution in [0.4, 0.5) is 0 Å². The lowest BCUT2D eigenvalue weighted by molar-refractivity contribution is 0.0955. The van der Waals surface area contributed by atoms with E-state index in [-0.39, 0.29) is 5.91 Å². The van der Waals surface area contributed by atoms with Crippen LogP contribution in [0.25, 0.3) is 11.0 Å². The minimum absolute atomic E-state index is 0.127. The highest BCUT2D eigenvalue weighted by atomic mass is 16.5. The van der Waals surface area contributed by atoms with Gasteiger partial charge in [-0.3, -0.25) is 4.79 Å². The molecule has 1 heterocycles. The topological polar surface area (TPSA) is 76.2 Å². The molecule has 0 fully saturated rings. The third kappa shape index (κ3) is 3.57. The third-order valence-corrected chi connectivity index (χ3v) is 4.02. The molecule has 25 heavy (non-hydrogen) atoms. The first-order valence-corrected chi connectivity index (χ1v) is 8.07. The van der Waals surface area contributed by atoms with Crippen molar-refractivity contribution in [1.82, 2.24) is 15.3 Å². The molecular weight excluding hydrogens is 318 g/mol. The molecule has 1 amide bonds. The molecule has 3 aromatic rings. The van der Waals surface area contributed by atoms with Gasteiger partial charge in [-0.2, -0.15) is 0 Å². The monoisotopic (exact) mass is 339 g/mol. The highest BCUT2D eigenvalue weighted by molar-refractivity contribution is 6.04. The Kier molecular flexibility index (Phi) is 4.88. The number of para-hydroxylation sites is 1. The first-order chi connectivity index (χ1) is 12.1. The lowest BCUT2D eigenvalue weighted by Crippen LogP contribution is -2.25. The van der Waals surface area contributed by atoms with Crippen LogP contribution in [0.15, 0.2) is 36.4 Å². The number of fused-ring (bicyclic) bond motifs is 1. The Labute approximate surface area is 146 Å². The summed E-state index contributed by atoms with van der Waals surface area (Å²) in [6.07, 6.45) is 0.696. The molecule has 6 heteroatoms. The lowest BCUT2D eigenvalue weighted by atomic mass is 10.1. The number of imidazole rings is 1. The number of methoxy groups -OCH3 is 2. The molecule has 0 aliphatic carbocycles. The fourth-order valence-corrected chi connectivity index (χ4v) is 2.79. The molecular formula is C19H21N3O3. The molecule has 2 aromatic carbocycles. The zero-order valence-corrected chi connectivity index (χ0v) is 14.6. The molecule has 2 N–H and O–H groups in total. The van der Waals surface area contributed by atoms with Gasteiger partial charge in [0.05, 0.1) is 25.3 Å². The van der Waals surface area contributed by atoms with Crippen molar-refractivity contribution in [3.63, 3.8) is 0 Å². The van der Waals surface area contributed by atoms with E-state index in [9.17, 15) is 4.79 Å². The van der Waals surface area contributed by atoms with Crippen molar-refractivity contribution in [1.29, 1.82) is 0 Å². The van der Waals surface area contributed by atoms with Gasteiger partial charge in [-0.25, -0.2) is 4.98 Å². The number of aromatic nitrogens is 2. The number of H-pyrrole nitrogens is 1. The Bertz CT molecular complexity index is 902. The summed E-state index contributed by atoms with van der Waals surface area (Å²) < 4.78 is 10.5. The van der Waals surface area contributed by atoms with Crippen molar-refractivity contribution in [2.24, 2.45) is 0 Å². The van der Waals surface area contributed by atoms with E-state index in [1.807, 2.05) is 37.3 Å². The molecule has 0 aliphatic rings. The van der Waals surface area contributed by atoms with Crippen molar-refractivity contribution >= 4 is 16.9 Å². The Morgan fingerprint density at radius 3 is 2.72 bits per heavy atom. The molecule has 0 bridgehead atoms. The van der Waals surface area contributed by atoms with Gasteiger partial charge >= 0.3 is 0 Å². The number of carbonyl (C=O) groups excluding carboxylic acids is 1. The van der Waals surface area contributed by atoms with E-state index >= 15 is 0 Å². The van der Waals surface area contributed by atoms with Crippen LogP contribution >= 0.6 is 0 Å². The zero-order valence-electron chi connectivity index (χ0n) is 14.6. The number of rotatable bonds is 6. The van der Waals surface area contributed by atoms with Crippen molar-refractivity contribution in [3.05, 3.63) is 53.3 Å². The van der Waals surface area contributed by atoms with Crippen LogP contribution in [0.2, 0.25) is 0 Å². The van der Waals surface area contributed by atoms with Gasteiger partial charge in [0.15, 0.2) is 11.5 Å². The lowest BCUT2D eigenvalue weighted by Gasteiger charge is -2.10. The highest BCUT2D eigenvalue weighted by Gasteiger charge is 2.12. The molecule has 6 nitrogen and oxygen atoms in total. The van der Waals surface area contributed by atoms with Crippen molar-refractivity contribution in [2.45, 2.75) is 13.3 Å². The van der Waals surface area contributed by atoms with Crippen LogP contribution in [0.5, 0.6) is 11.5 Å². The van der Waals surface area contributed by atoms with E-state index in [1.165, 1.54) is 0 Å². The van der Waals surface area contributed by atoms with Crippen molar-refractivity contribution < 1.29 is 14.3 Å². The fraction of sp³-hybridized carbons (Fsp3) is 0.263. The summed E-state index contributed by atoms with van der Waals surface area (Å²) in [7, 11) is 3.21. The minimum Gasteiger partial charge on any atom is -0.493 e. The Hall–Kier alpha value is -3.02. The Balaban J connectivity index is 1.66. The SMILES string of the molecule is COc1ccc(CCNC(=O)c2cccc3[nH]c(C)nc23)cc1OC. The van der Waals surface area contributed by atoms with Gasteiger partial charge in [0, 0.05) is 6.54 Å². The summed E-state index contributed by atoms with van der Waals surface area (Å²) in [6, 6.07) is 11.3. The number of amides is 1. The van der Waals surface area contributed by atoms with Gasteiger partial charge in [-0.1, -0.05) is 12.1 Å². The van der Waals surface area contributed by atoms with Crippen LogP contribution in [-0.4, -0.2) is 36.6 Å². The number of hydrogen-bond donors (Lipinski definition) is 2. The number of carbonyl (C=O) groups is 1. The van der Waals surface area contributed by atoms with E-state index in [2.05, 4.69) is 15.3 Å². The molecule has 0 atom stereocenters. The van der Waals surface area contributed by atoms with Crippen LogP contribution in [0.3, 0.4) is 0 Å². The fourth-order valence-electron chi connectivity index (χ4n) is 2.79. The third-order valence-electron chi connectivity index (χ3n) is 4.02. The largest absolute Gasteiger partial charge is 0.493 e. The maximum atomic E-state index is 12.5. The van der Waals surface area contributed by atoms with Crippen LogP contribution in [0, 0.1) is 6.92 Å². The zero-order chi connectivity index (χ0) is 17.8. The maximum absolute atomic E-state index is 12.5. The molecule has 3 rings (SSSR count). The van der Waals surface area contributed by atoms with Gasteiger partial charge < -0.3 is 19.8 Å². The summed E-state index contributed by atoms with van der Waals surface area (Å²) in [5.41, 5.74) is 3.20. The predicted octanol–water partition coefficient (Wildman–Crippen LogP) is 2.86. The molecule has 0 radical (unpaired) electrons. The second kappa shape index (κ2) is 7.25. The normalized spacial score (nSPS) is 10.7. The number of benzene rings is 2. The van der Waals surface area contributed by atoms with Gasteiger partial charge in [-0.05, 0) is 43.2 Å².